The van der Waals surface area contributed by atoms with Gasteiger partial charge >= 0.3 is 0 Å². The van der Waals surface area contributed by atoms with Gasteiger partial charge in [0.1, 0.15) is 12.4 Å². The highest BCUT2D eigenvalue weighted by molar-refractivity contribution is 5.86. The van der Waals surface area contributed by atoms with Gasteiger partial charge in [0, 0.05) is 38.1 Å². The van der Waals surface area contributed by atoms with E-state index in [9.17, 15) is 9.59 Å². The molecule has 0 saturated carbocycles. The molecule has 40 heavy (non-hydrogen) atoms. The first-order chi connectivity index (χ1) is 19.3. The van der Waals surface area contributed by atoms with Crippen molar-refractivity contribution in [1.29, 1.82) is 5.26 Å². The highest BCUT2D eigenvalue weighted by Gasteiger charge is 2.22. The summed E-state index contributed by atoms with van der Waals surface area (Å²) in [5.74, 6) is 1.08. The third-order valence-corrected chi connectivity index (χ3v) is 6.76. The van der Waals surface area contributed by atoms with E-state index in [4.69, 9.17) is 5.26 Å². The summed E-state index contributed by atoms with van der Waals surface area (Å²) in [4.78, 5) is 31.7. The lowest BCUT2D eigenvalue weighted by Gasteiger charge is -2.36. The van der Waals surface area contributed by atoms with E-state index in [1.165, 1.54) is 18.7 Å². The van der Waals surface area contributed by atoms with Crippen LogP contribution in [0.3, 0.4) is 0 Å². The van der Waals surface area contributed by atoms with Gasteiger partial charge in [0.2, 0.25) is 5.91 Å². The van der Waals surface area contributed by atoms with E-state index >= 15 is 0 Å². The summed E-state index contributed by atoms with van der Waals surface area (Å²) in [6, 6.07) is 25.0. The van der Waals surface area contributed by atoms with Gasteiger partial charge in [-0.2, -0.15) is 5.26 Å². The van der Waals surface area contributed by atoms with Crippen LogP contribution in [-0.2, 0) is 9.59 Å². The van der Waals surface area contributed by atoms with E-state index < -0.39 is 0 Å². The summed E-state index contributed by atoms with van der Waals surface area (Å²) in [7, 11) is 0. The summed E-state index contributed by atoms with van der Waals surface area (Å²) in [5, 5.41) is 11.6. The quantitative estimate of drug-likeness (QED) is 0.282. The molecule has 7 heteroatoms. The van der Waals surface area contributed by atoms with Crippen molar-refractivity contribution in [3.63, 3.8) is 0 Å². The first-order valence-corrected chi connectivity index (χ1v) is 13.7. The normalized spacial score (nSPS) is 13.5. The maximum absolute atomic E-state index is 12.7. The molecule has 1 aliphatic heterocycles. The van der Waals surface area contributed by atoms with Crippen molar-refractivity contribution in [2.75, 3.05) is 42.5 Å². The van der Waals surface area contributed by atoms with Gasteiger partial charge in [-0.05, 0) is 66.3 Å². The molecule has 4 rings (SSSR count). The lowest BCUT2D eigenvalue weighted by Crippen LogP contribution is -2.46. The number of benzene rings is 2. The minimum Gasteiger partial charge on any atom is -0.368 e. The lowest BCUT2D eigenvalue weighted by atomic mass is 9.88. The largest absolute Gasteiger partial charge is 0.368 e. The molecule has 1 atom stereocenters. The predicted molar refractivity (Wildman–Crippen MR) is 162 cm³/mol. The molecule has 0 radical (unpaired) electrons. The van der Waals surface area contributed by atoms with Crippen molar-refractivity contribution in [2.24, 2.45) is 5.92 Å². The number of nitriles is 1. The van der Waals surface area contributed by atoms with Gasteiger partial charge in [-0.1, -0.05) is 62.9 Å². The number of hydrogen-bond acceptors (Lipinski definition) is 6. The average Bonchev–Trinajstić information content (AvgIpc) is 2.99. The van der Waals surface area contributed by atoms with Crippen molar-refractivity contribution in [3.05, 3.63) is 91.1 Å². The first-order valence-electron chi connectivity index (χ1n) is 13.7. The second-order valence-electron chi connectivity index (χ2n) is 10.2. The fraction of sp³-hybridized carbons (Fsp3) is 0.333. The number of anilines is 2. The second-order valence-corrected chi connectivity index (χ2v) is 10.2. The highest BCUT2D eigenvalue weighted by Crippen LogP contribution is 2.30. The zero-order chi connectivity index (χ0) is 28.9. The molecule has 1 aromatic heterocycles. The number of carbonyl (C=O) groups excluding carboxylic acids is 2. The van der Waals surface area contributed by atoms with Crippen LogP contribution >= 0.6 is 0 Å². The van der Waals surface area contributed by atoms with Crippen molar-refractivity contribution >= 4 is 23.2 Å². The molecular formula is C33H39N5O2. The number of rotatable bonds is 9. The monoisotopic (exact) mass is 537 g/mol. The van der Waals surface area contributed by atoms with Crippen molar-refractivity contribution in [1.82, 2.24) is 10.3 Å². The number of piperazine rings is 1. The van der Waals surface area contributed by atoms with Gasteiger partial charge in [0.15, 0.2) is 5.78 Å². The standard InChI is InChI=1S/C29H33N5O.C4H6O/c1-22(2)20-27(29(35)32-15-13-30)25-7-5-6-24(21-25)23-9-11-26(12-10-23)33-16-18-34(19-17-33)28-8-3-4-14-31-28;1-3-4(2)5/h3-12,14,21-22,27H,15-20H2,1-2H3,(H,32,35);3H,1H2,2H3/t27-;/m1./s1. The van der Waals surface area contributed by atoms with Crippen LogP contribution in [0.1, 0.15) is 38.7 Å². The summed E-state index contributed by atoms with van der Waals surface area (Å²) in [6.45, 7) is 12.8. The number of amides is 1. The zero-order valence-electron chi connectivity index (χ0n) is 23.7. The highest BCUT2D eigenvalue weighted by atomic mass is 16.1. The van der Waals surface area contributed by atoms with Crippen LogP contribution in [0, 0.1) is 17.2 Å². The van der Waals surface area contributed by atoms with Gasteiger partial charge in [0.05, 0.1) is 12.0 Å². The maximum atomic E-state index is 12.7. The Morgan fingerprint density at radius 3 is 2.25 bits per heavy atom. The van der Waals surface area contributed by atoms with Crippen LogP contribution in [0.15, 0.2) is 85.6 Å². The van der Waals surface area contributed by atoms with E-state index in [0.29, 0.717) is 5.92 Å². The Hall–Kier alpha value is -4.44. The van der Waals surface area contributed by atoms with Crippen molar-refractivity contribution in [3.8, 4) is 17.2 Å². The molecule has 2 heterocycles. The van der Waals surface area contributed by atoms with Crippen LogP contribution in [0.2, 0.25) is 0 Å². The van der Waals surface area contributed by atoms with E-state index in [0.717, 1.165) is 55.1 Å². The van der Waals surface area contributed by atoms with Gasteiger partial charge in [-0.15, -0.1) is 0 Å². The lowest BCUT2D eigenvalue weighted by molar-refractivity contribution is -0.122. The minimum atomic E-state index is -0.266. The molecule has 3 aromatic rings. The van der Waals surface area contributed by atoms with Gasteiger partial charge in [-0.25, -0.2) is 4.98 Å². The van der Waals surface area contributed by atoms with E-state index in [2.05, 4.69) is 83.0 Å². The SMILES string of the molecule is C=CC(C)=O.CC(C)C[C@@H](C(=O)NCC#N)c1cccc(-c2ccc(N3CCN(c4ccccn4)CC3)cc2)c1. The number of pyridine rings is 1. The Bertz CT molecular complexity index is 1290. The van der Waals surface area contributed by atoms with E-state index in [-0.39, 0.29) is 24.2 Å². The third-order valence-electron chi connectivity index (χ3n) is 6.76. The number of ketones is 1. The Morgan fingerprint density at radius 2 is 1.68 bits per heavy atom. The Balaban J connectivity index is 0.000000810. The second kappa shape index (κ2) is 15.2. The van der Waals surface area contributed by atoms with Crippen LogP contribution in [0.4, 0.5) is 11.5 Å². The Labute approximate surface area is 238 Å². The minimum absolute atomic E-state index is 0.0185. The molecule has 7 nitrogen and oxygen atoms in total. The molecule has 0 aliphatic carbocycles. The molecule has 1 amide bonds. The van der Waals surface area contributed by atoms with Crippen molar-refractivity contribution in [2.45, 2.75) is 33.1 Å². The molecule has 2 aromatic carbocycles. The van der Waals surface area contributed by atoms with E-state index in [1.54, 1.807) is 0 Å². The summed E-state index contributed by atoms with van der Waals surface area (Å²) in [6.07, 6.45) is 3.86. The van der Waals surface area contributed by atoms with E-state index in [1.807, 2.05) is 36.5 Å². The fourth-order valence-electron chi connectivity index (χ4n) is 4.65. The molecule has 1 saturated heterocycles. The first kappa shape index (κ1) is 30.1. The predicted octanol–water partition coefficient (Wildman–Crippen LogP) is 5.61. The van der Waals surface area contributed by atoms with Gasteiger partial charge in [0.25, 0.3) is 0 Å². The number of nitrogens with zero attached hydrogens (tertiary/aromatic N) is 4. The summed E-state index contributed by atoms with van der Waals surface area (Å²) < 4.78 is 0. The number of aromatic nitrogens is 1. The fourth-order valence-corrected chi connectivity index (χ4v) is 4.65. The van der Waals surface area contributed by atoms with Crippen LogP contribution in [0.25, 0.3) is 11.1 Å². The molecule has 208 valence electrons. The molecule has 1 aliphatic rings. The molecule has 0 bridgehead atoms. The van der Waals surface area contributed by atoms with Gasteiger partial charge in [-0.3, -0.25) is 9.59 Å². The molecule has 1 N–H and O–H groups in total. The number of nitrogens with one attached hydrogen (secondary N) is 1. The topological polar surface area (TPSA) is 89.3 Å². The van der Waals surface area contributed by atoms with Crippen LogP contribution in [-0.4, -0.2) is 49.4 Å². The molecular weight excluding hydrogens is 498 g/mol. The molecule has 0 spiro atoms. The van der Waals surface area contributed by atoms with Gasteiger partial charge < -0.3 is 15.1 Å². The smallest absolute Gasteiger partial charge is 0.228 e. The van der Waals surface area contributed by atoms with Crippen LogP contribution in [0.5, 0.6) is 0 Å². The molecule has 0 unspecified atom stereocenters. The van der Waals surface area contributed by atoms with Crippen LogP contribution < -0.4 is 15.1 Å². The number of hydrogen-bond donors (Lipinski definition) is 1. The summed E-state index contributed by atoms with van der Waals surface area (Å²) in [5.41, 5.74) is 4.43. The zero-order valence-corrected chi connectivity index (χ0v) is 23.7. The van der Waals surface area contributed by atoms with Crippen molar-refractivity contribution < 1.29 is 9.59 Å². The number of allylic oxidation sites excluding steroid dienone is 1. The number of carbonyl (C=O) groups is 2. The summed E-state index contributed by atoms with van der Waals surface area (Å²) >= 11 is 0. The third kappa shape index (κ3) is 8.81. The average molecular weight is 538 g/mol. The Kier molecular flexibility index (Phi) is 11.5. The molecule has 1 fully saturated rings. The maximum Gasteiger partial charge on any atom is 0.228 e. The Morgan fingerprint density at radius 1 is 1.00 bits per heavy atom.